The molecule has 0 N–H and O–H groups in total. The molecule has 4 aromatic rings. The summed E-state index contributed by atoms with van der Waals surface area (Å²) in [6, 6.07) is 21.3. The van der Waals surface area contributed by atoms with Crippen molar-refractivity contribution in [1.29, 1.82) is 5.26 Å². The molecule has 2 aromatic carbocycles. The van der Waals surface area contributed by atoms with Gasteiger partial charge in [0.25, 0.3) is 0 Å². The SMILES string of the molecule is Cc1ccc(S(=O)(=O)C(C#N)=Cc2cn(-c3ccccc3)nc2-c2ccncc2)cc1. The van der Waals surface area contributed by atoms with Gasteiger partial charge in [-0.1, -0.05) is 35.9 Å². The molecular formula is C24H18N4O2S. The summed E-state index contributed by atoms with van der Waals surface area (Å²) in [5.41, 5.74) is 3.59. The Morgan fingerprint density at radius 1 is 1.00 bits per heavy atom. The lowest BCUT2D eigenvalue weighted by atomic mass is 10.1. The van der Waals surface area contributed by atoms with Crippen LogP contribution in [0.5, 0.6) is 0 Å². The normalized spacial score (nSPS) is 11.8. The molecule has 6 nitrogen and oxygen atoms in total. The van der Waals surface area contributed by atoms with E-state index >= 15 is 0 Å². The van der Waals surface area contributed by atoms with Crippen molar-refractivity contribution < 1.29 is 8.42 Å². The first-order valence-electron chi connectivity index (χ1n) is 9.48. The van der Waals surface area contributed by atoms with Gasteiger partial charge in [0.1, 0.15) is 16.7 Å². The Kier molecular flexibility index (Phi) is 5.48. The first kappa shape index (κ1) is 20.3. The van der Waals surface area contributed by atoms with E-state index in [0.717, 1.165) is 16.8 Å². The summed E-state index contributed by atoms with van der Waals surface area (Å²) in [5, 5.41) is 14.3. The Morgan fingerprint density at radius 3 is 2.32 bits per heavy atom. The molecule has 0 radical (unpaired) electrons. The van der Waals surface area contributed by atoms with Crippen molar-refractivity contribution in [2.75, 3.05) is 0 Å². The Labute approximate surface area is 180 Å². The molecule has 2 heterocycles. The van der Waals surface area contributed by atoms with Gasteiger partial charge in [0, 0.05) is 29.7 Å². The Morgan fingerprint density at radius 2 is 1.68 bits per heavy atom. The molecule has 0 bridgehead atoms. The van der Waals surface area contributed by atoms with Crippen molar-refractivity contribution in [3.63, 3.8) is 0 Å². The molecule has 0 aliphatic carbocycles. The summed E-state index contributed by atoms with van der Waals surface area (Å²) in [6.45, 7) is 1.87. The number of rotatable bonds is 5. The summed E-state index contributed by atoms with van der Waals surface area (Å²) in [5.74, 6) is 0. The number of nitriles is 1. The Hall–Kier alpha value is -4.02. The summed E-state index contributed by atoms with van der Waals surface area (Å²) >= 11 is 0. The molecule has 0 aliphatic heterocycles. The molecule has 0 unspecified atom stereocenters. The van der Waals surface area contributed by atoms with Gasteiger partial charge in [-0.15, -0.1) is 0 Å². The minimum atomic E-state index is -3.97. The van der Waals surface area contributed by atoms with Crippen LogP contribution in [0.4, 0.5) is 0 Å². The Balaban J connectivity index is 1.87. The van der Waals surface area contributed by atoms with E-state index < -0.39 is 9.84 Å². The van der Waals surface area contributed by atoms with Crippen LogP contribution >= 0.6 is 0 Å². The van der Waals surface area contributed by atoms with E-state index in [2.05, 4.69) is 10.1 Å². The lowest BCUT2D eigenvalue weighted by molar-refractivity contribution is 0.603. The fourth-order valence-electron chi connectivity index (χ4n) is 3.10. The average Bonchev–Trinajstić information content (AvgIpc) is 3.23. The molecule has 0 saturated heterocycles. The minimum absolute atomic E-state index is 0.0758. The molecule has 4 rings (SSSR count). The first-order chi connectivity index (χ1) is 15.0. The van der Waals surface area contributed by atoms with Crippen molar-refractivity contribution in [1.82, 2.24) is 14.8 Å². The zero-order valence-electron chi connectivity index (χ0n) is 16.7. The highest BCUT2D eigenvalue weighted by molar-refractivity contribution is 7.95. The van der Waals surface area contributed by atoms with Gasteiger partial charge >= 0.3 is 0 Å². The maximum Gasteiger partial charge on any atom is 0.216 e. The number of para-hydroxylation sites is 1. The second kappa shape index (κ2) is 8.38. The van der Waals surface area contributed by atoms with E-state index in [4.69, 9.17) is 0 Å². The second-order valence-corrected chi connectivity index (χ2v) is 8.80. The van der Waals surface area contributed by atoms with Crippen molar-refractivity contribution in [3.05, 3.63) is 101 Å². The minimum Gasteiger partial charge on any atom is -0.265 e. The molecule has 0 aliphatic rings. The van der Waals surface area contributed by atoms with Gasteiger partial charge in [-0.05, 0) is 49.4 Å². The van der Waals surface area contributed by atoms with Crippen LogP contribution in [0.1, 0.15) is 11.1 Å². The monoisotopic (exact) mass is 426 g/mol. The molecule has 0 spiro atoms. The van der Waals surface area contributed by atoms with Gasteiger partial charge in [-0.3, -0.25) is 4.98 Å². The van der Waals surface area contributed by atoms with Crippen LogP contribution in [-0.4, -0.2) is 23.2 Å². The number of sulfone groups is 1. The van der Waals surface area contributed by atoms with Gasteiger partial charge < -0.3 is 0 Å². The van der Waals surface area contributed by atoms with E-state index in [1.807, 2.05) is 43.3 Å². The van der Waals surface area contributed by atoms with Crippen molar-refractivity contribution in [3.8, 4) is 23.0 Å². The zero-order valence-corrected chi connectivity index (χ0v) is 17.5. The van der Waals surface area contributed by atoms with E-state index in [0.29, 0.717) is 11.3 Å². The van der Waals surface area contributed by atoms with Gasteiger partial charge in [0.05, 0.1) is 10.6 Å². The summed E-state index contributed by atoms with van der Waals surface area (Å²) in [6.07, 6.45) is 6.36. The highest BCUT2D eigenvalue weighted by atomic mass is 32.2. The van der Waals surface area contributed by atoms with Gasteiger partial charge in [0.15, 0.2) is 0 Å². The zero-order chi connectivity index (χ0) is 21.8. The number of nitrogens with zero attached hydrogens (tertiary/aromatic N) is 4. The van der Waals surface area contributed by atoms with E-state index in [-0.39, 0.29) is 9.80 Å². The van der Waals surface area contributed by atoms with E-state index in [1.165, 1.54) is 18.2 Å². The van der Waals surface area contributed by atoms with Gasteiger partial charge in [-0.2, -0.15) is 10.4 Å². The molecule has 7 heteroatoms. The molecular weight excluding hydrogens is 408 g/mol. The number of aromatic nitrogens is 3. The molecule has 2 aromatic heterocycles. The van der Waals surface area contributed by atoms with Crippen LogP contribution < -0.4 is 0 Å². The highest BCUT2D eigenvalue weighted by Gasteiger charge is 2.22. The molecule has 0 amide bonds. The summed E-state index contributed by atoms with van der Waals surface area (Å²) < 4.78 is 27.8. The third-order valence-electron chi connectivity index (χ3n) is 4.73. The highest BCUT2D eigenvalue weighted by Crippen LogP contribution is 2.28. The molecule has 31 heavy (non-hydrogen) atoms. The van der Waals surface area contributed by atoms with Crippen LogP contribution in [0, 0.1) is 18.3 Å². The van der Waals surface area contributed by atoms with Crippen LogP contribution in [0.15, 0.2) is 95.1 Å². The molecule has 152 valence electrons. The standard InChI is InChI=1S/C24H18N4O2S/c1-18-7-9-22(10-8-18)31(29,30)23(16-25)15-20-17-28(21-5-3-2-4-6-21)27-24(20)19-11-13-26-14-12-19/h2-15,17H,1H3. The van der Waals surface area contributed by atoms with E-state index in [1.54, 1.807) is 47.5 Å². The average molecular weight is 427 g/mol. The summed E-state index contributed by atoms with van der Waals surface area (Å²) in [7, 11) is -3.97. The number of hydrogen-bond donors (Lipinski definition) is 0. The lowest BCUT2D eigenvalue weighted by Crippen LogP contribution is -2.03. The molecule has 0 atom stereocenters. The predicted octanol–water partition coefficient (Wildman–Crippen LogP) is 4.58. The van der Waals surface area contributed by atoms with Crippen LogP contribution in [0.25, 0.3) is 23.0 Å². The molecule has 0 fully saturated rings. The van der Waals surface area contributed by atoms with Crippen molar-refractivity contribution in [2.24, 2.45) is 0 Å². The Bertz CT molecular complexity index is 1380. The number of pyridine rings is 1. The quantitative estimate of drug-likeness (QED) is 0.436. The fourth-order valence-corrected chi connectivity index (χ4v) is 4.25. The number of allylic oxidation sites excluding steroid dienone is 1. The van der Waals surface area contributed by atoms with Crippen molar-refractivity contribution in [2.45, 2.75) is 11.8 Å². The van der Waals surface area contributed by atoms with E-state index in [9.17, 15) is 13.7 Å². The topological polar surface area (TPSA) is 88.6 Å². The number of aryl methyl sites for hydroxylation is 1. The maximum atomic E-state index is 13.1. The third-order valence-corrected chi connectivity index (χ3v) is 6.42. The fraction of sp³-hybridized carbons (Fsp3) is 0.0417. The smallest absolute Gasteiger partial charge is 0.216 e. The van der Waals surface area contributed by atoms with Crippen LogP contribution in [0.3, 0.4) is 0 Å². The number of benzene rings is 2. The van der Waals surface area contributed by atoms with Gasteiger partial charge in [0.2, 0.25) is 9.84 Å². The lowest BCUT2D eigenvalue weighted by Gasteiger charge is -2.04. The van der Waals surface area contributed by atoms with Gasteiger partial charge in [-0.25, -0.2) is 13.1 Å². The maximum absolute atomic E-state index is 13.1. The number of hydrogen-bond acceptors (Lipinski definition) is 5. The second-order valence-electron chi connectivity index (χ2n) is 6.89. The predicted molar refractivity (Wildman–Crippen MR) is 119 cm³/mol. The van der Waals surface area contributed by atoms with Crippen LogP contribution in [-0.2, 0) is 9.84 Å². The van der Waals surface area contributed by atoms with Crippen LogP contribution in [0.2, 0.25) is 0 Å². The van der Waals surface area contributed by atoms with Crippen molar-refractivity contribution >= 4 is 15.9 Å². The molecule has 0 saturated carbocycles. The first-order valence-corrected chi connectivity index (χ1v) is 11.0. The summed E-state index contributed by atoms with van der Waals surface area (Å²) in [4.78, 5) is 3.76. The third kappa shape index (κ3) is 4.15. The largest absolute Gasteiger partial charge is 0.265 e.